The van der Waals surface area contributed by atoms with E-state index >= 15 is 0 Å². The highest BCUT2D eigenvalue weighted by Crippen LogP contribution is 2.24. The van der Waals surface area contributed by atoms with Crippen molar-refractivity contribution in [3.05, 3.63) is 48.6 Å². The maximum absolute atomic E-state index is 12.3. The molecular weight excluding hydrogens is 304 g/mol. The van der Waals surface area contributed by atoms with Crippen LogP contribution >= 0.6 is 0 Å². The van der Waals surface area contributed by atoms with Crippen LogP contribution in [0.1, 0.15) is 5.56 Å². The van der Waals surface area contributed by atoms with Crippen LogP contribution in [0.25, 0.3) is 0 Å². The topological polar surface area (TPSA) is 67.6 Å². The normalized spacial score (nSPS) is 21.1. The molecule has 6 nitrogen and oxygen atoms in total. The van der Waals surface area contributed by atoms with Crippen LogP contribution in [0.5, 0.6) is 0 Å². The fraction of sp³-hybridized carbons (Fsp3) is 0.389. The van der Waals surface area contributed by atoms with Gasteiger partial charge >= 0.3 is 6.03 Å². The van der Waals surface area contributed by atoms with Gasteiger partial charge in [0.2, 0.25) is 0 Å². The quantitative estimate of drug-likeness (QED) is 0.746. The summed E-state index contributed by atoms with van der Waals surface area (Å²) in [6.07, 6.45) is 1.89. The first kappa shape index (κ1) is 17.7. The number of amides is 3. The Morgan fingerprint density at radius 1 is 1.29 bits per heavy atom. The van der Waals surface area contributed by atoms with Gasteiger partial charge in [-0.2, -0.15) is 5.26 Å². The highest BCUT2D eigenvalue weighted by molar-refractivity contribution is 5.99. The lowest BCUT2D eigenvalue weighted by atomic mass is 10.0. The van der Waals surface area contributed by atoms with Crippen molar-refractivity contribution in [2.75, 3.05) is 27.2 Å². The number of nitrogens with zero attached hydrogens (tertiary/aromatic N) is 4. The molecule has 1 aliphatic rings. The second-order valence-corrected chi connectivity index (χ2v) is 5.83. The first-order chi connectivity index (χ1) is 11.5. The molecule has 1 aliphatic heterocycles. The van der Waals surface area contributed by atoms with Gasteiger partial charge in [0, 0.05) is 27.2 Å². The van der Waals surface area contributed by atoms with Crippen molar-refractivity contribution >= 4 is 11.9 Å². The molecule has 1 aromatic carbocycles. The Balaban J connectivity index is 2.23. The number of urea groups is 1. The van der Waals surface area contributed by atoms with Crippen molar-refractivity contribution in [2.45, 2.75) is 12.6 Å². The van der Waals surface area contributed by atoms with Crippen molar-refractivity contribution in [1.29, 1.82) is 5.26 Å². The second kappa shape index (κ2) is 7.75. The molecule has 0 saturated carbocycles. The van der Waals surface area contributed by atoms with E-state index in [-0.39, 0.29) is 0 Å². The van der Waals surface area contributed by atoms with E-state index in [2.05, 4.69) is 12.6 Å². The number of benzene rings is 1. The fourth-order valence-corrected chi connectivity index (χ4v) is 3.00. The molecule has 24 heavy (non-hydrogen) atoms. The van der Waals surface area contributed by atoms with E-state index in [1.807, 2.05) is 35.2 Å². The van der Waals surface area contributed by atoms with Crippen molar-refractivity contribution < 1.29 is 9.59 Å². The van der Waals surface area contributed by atoms with Gasteiger partial charge in [-0.25, -0.2) is 4.79 Å². The number of hydrogen-bond donors (Lipinski definition) is 0. The first-order valence-corrected chi connectivity index (χ1v) is 7.84. The minimum Gasteiger partial charge on any atom is -0.310 e. The molecule has 0 bridgehead atoms. The van der Waals surface area contributed by atoms with E-state index in [4.69, 9.17) is 0 Å². The molecule has 0 spiro atoms. The zero-order valence-corrected chi connectivity index (χ0v) is 14.1. The lowest BCUT2D eigenvalue weighted by molar-refractivity contribution is -0.138. The molecule has 1 fully saturated rings. The third kappa shape index (κ3) is 3.47. The molecule has 126 valence electrons. The Kier molecular flexibility index (Phi) is 5.72. The summed E-state index contributed by atoms with van der Waals surface area (Å²) in [5, 5.41) is 9.47. The largest absolute Gasteiger partial charge is 0.327 e. The van der Waals surface area contributed by atoms with Gasteiger partial charge in [-0.05, 0) is 12.0 Å². The van der Waals surface area contributed by atoms with Crippen molar-refractivity contribution in [3.8, 4) is 6.07 Å². The summed E-state index contributed by atoms with van der Waals surface area (Å²) in [5.74, 6) is -1.37. The van der Waals surface area contributed by atoms with Crippen molar-refractivity contribution in [2.24, 2.45) is 5.92 Å². The number of carbonyl (C=O) groups excluding carboxylic acids is 2. The molecular formula is C18H22N4O2. The molecule has 1 heterocycles. The molecule has 6 heteroatoms. The zero-order chi connectivity index (χ0) is 17.7. The minimum atomic E-state index is -0.909. The average Bonchev–Trinajstić information content (AvgIpc) is 2.61. The van der Waals surface area contributed by atoms with Crippen LogP contribution in [0.2, 0.25) is 0 Å². The Labute approximate surface area is 142 Å². The van der Waals surface area contributed by atoms with Crippen LogP contribution in [0.4, 0.5) is 4.79 Å². The lowest BCUT2D eigenvalue weighted by Gasteiger charge is -2.44. The maximum atomic E-state index is 12.3. The second-order valence-electron chi connectivity index (χ2n) is 5.83. The van der Waals surface area contributed by atoms with Crippen LogP contribution in [0.15, 0.2) is 43.0 Å². The number of rotatable bonds is 6. The third-order valence-electron chi connectivity index (χ3n) is 4.29. The van der Waals surface area contributed by atoms with Gasteiger partial charge in [0.15, 0.2) is 5.92 Å². The van der Waals surface area contributed by atoms with Gasteiger partial charge < -0.3 is 4.90 Å². The van der Waals surface area contributed by atoms with E-state index < -0.39 is 24.0 Å². The van der Waals surface area contributed by atoms with E-state index in [1.165, 1.54) is 11.9 Å². The lowest BCUT2D eigenvalue weighted by Crippen LogP contribution is -2.64. The predicted octanol–water partition coefficient (Wildman–Crippen LogP) is 1.71. The van der Waals surface area contributed by atoms with E-state index in [0.29, 0.717) is 13.1 Å². The molecule has 3 amide bonds. The van der Waals surface area contributed by atoms with E-state index in [0.717, 1.165) is 16.9 Å². The summed E-state index contributed by atoms with van der Waals surface area (Å²) < 4.78 is 0. The van der Waals surface area contributed by atoms with E-state index in [9.17, 15) is 14.9 Å². The van der Waals surface area contributed by atoms with Crippen LogP contribution in [0.3, 0.4) is 0 Å². The van der Waals surface area contributed by atoms with Gasteiger partial charge in [-0.3, -0.25) is 14.6 Å². The van der Waals surface area contributed by atoms with Gasteiger partial charge in [0.25, 0.3) is 5.91 Å². The average molecular weight is 326 g/mol. The van der Waals surface area contributed by atoms with Gasteiger partial charge in [0.1, 0.15) is 6.17 Å². The molecule has 1 saturated heterocycles. The van der Waals surface area contributed by atoms with Crippen molar-refractivity contribution in [3.63, 3.8) is 0 Å². The predicted molar refractivity (Wildman–Crippen MR) is 90.7 cm³/mol. The van der Waals surface area contributed by atoms with Gasteiger partial charge in [0.05, 0.1) is 6.07 Å². The minimum absolute atomic E-state index is 0.398. The van der Waals surface area contributed by atoms with Crippen LogP contribution in [0, 0.1) is 17.2 Å². The van der Waals surface area contributed by atoms with Crippen molar-refractivity contribution in [1.82, 2.24) is 14.7 Å². The molecule has 0 radical (unpaired) electrons. The molecule has 0 aromatic heterocycles. The van der Waals surface area contributed by atoms with Crippen LogP contribution in [-0.2, 0) is 11.2 Å². The zero-order valence-electron chi connectivity index (χ0n) is 14.1. The summed E-state index contributed by atoms with van der Waals surface area (Å²) in [6, 6.07) is 11.6. The van der Waals surface area contributed by atoms with Crippen LogP contribution in [-0.4, -0.2) is 60.0 Å². The first-order valence-electron chi connectivity index (χ1n) is 7.84. The summed E-state index contributed by atoms with van der Waals surface area (Å²) in [7, 11) is 3.03. The number of imide groups is 1. The SMILES string of the molecule is C=CCN(CCc1ccccc1)C1C(C#N)C(=O)N(C)C(=O)N1C. The summed E-state index contributed by atoms with van der Waals surface area (Å²) >= 11 is 0. The number of hydrogen-bond acceptors (Lipinski definition) is 4. The standard InChI is InChI=1S/C18H22N4O2/c1-4-11-22(12-10-14-8-6-5-7-9-14)16-15(13-19)17(23)21(3)18(24)20(16)2/h4-9,15-16H,1,10-12H2,2-3H3. The smallest absolute Gasteiger partial charge is 0.310 e. The Bertz CT molecular complexity index is 653. The maximum Gasteiger partial charge on any atom is 0.327 e. The number of nitriles is 1. The Morgan fingerprint density at radius 3 is 2.54 bits per heavy atom. The molecule has 2 rings (SSSR count). The third-order valence-corrected chi connectivity index (χ3v) is 4.29. The van der Waals surface area contributed by atoms with E-state index in [1.54, 1.807) is 13.1 Å². The number of carbonyl (C=O) groups is 2. The molecule has 0 N–H and O–H groups in total. The Hall–Kier alpha value is -2.65. The molecule has 0 aliphatic carbocycles. The van der Waals surface area contributed by atoms with Crippen LogP contribution < -0.4 is 0 Å². The monoisotopic (exact) mass is 326 g/mol. The van der Waals surface area contributed by atoms with Gasteiger partial charge in [-0.15, -0.1) is 6.58 Å². The Morgan fingerprint density at radius 2 is 1.96 bits per heavy atom. The van der Waals surface area contributed by atoms with Gasteiger partial charge in [-0.1, -0.05) is 36.4 Å². The fourth-order valence-electron chi connectivity index (χ4n) is 3.00. The highest BCUT2D eigenvalue weighted by atomic mass is 16.2. The molecule has 2 unspecified atom stereocenters. The summed E-state index contributed by atoms with van der Waals surface area (Å²) in [6.45, 7) is 4.86. The molecule has 2 atom stereocenters. The highest BCUT2D eigenvalue weighted by Gasteiger charge is 2.45. The molecule has 1 aromatic rings. The summed E-state index contributed by atoms with van der Waals surface area (Å²) in [4.78, 5) is 29.0. The summed E-state index contributed by atoms with van der Waals surface area (Å²) in [5.41, 5.74) is 1.16.